The molecule has 0 radical (unpaired) electrons. The van der Waals surface area contributed by atoms with E-state index in [0.717, 1.165) is 18.4 Å². The molecule has 0 amide bonds. The number of rotatable bonds is 6. The molecule has 0 aliphatic carbocycles. The van der Waals surface area contributed by atoms with Gasteiger partial charge in [-0.05, 0) is 29.9 Å². The lowest BCUT2D eigenvalue weighted by Crippen LogP contribution is -2.05. The van der Waals surface area contributed by atoms with Crippen LogP contribution in [0.15, 0.2) is 24.3 Å². The van der Waals surface area contributed by atoms with E-state index in [-0.39, 0.29) is 11.9 Å². The number of esters is 1. The summed E-state index contributed by atoms with van der Waals surface area (Å²) < 4.78 is 4.59. The highest BCUT2D eigenvalue weighted by Crippen LogP contribution is 2.21. The Morgan fingerprint density at radius 1 is 1.28 bits per heavy atom. The fraction of sp³-hybridized carbons (Fsp3) is 0.533. The van der Waals surface area contributed by atoms with Gasteiger partial charge in [0.15, 0.2) is 0 Å². The van der Waals surface area contributed by atoms with Crippen molar-refractivity contribution >= 4 is 5.97 Å². The normalized spacial score (nSPS) is 12.5. The number of benzene rings is 1. The summed E-state index contributed by atoms with van der Waals surface area (Å²) in [7, 11) is 1.41. The average molecular weight is 250 g/mol. The van der Waals surface area contributed by atoms with Gasteiger partial charge in [-0.2, -0.15) is 0 Å². The molecule has 0 aromatic heterocycles. The van der Waals surface area contributed by atoms with Crippen LogP contribution >= 0.6 is 0 Å². The molecule has 0 aliphatic rings. The molecular weight excluding hydrogens is 228 g/mol. The molecule has 0 spiro atoms. The molecule has 1 N–H and O–H groups in total. The minimum Gasteiger partial charge on any atom is -0.469 e. The van der Waals surface area contributed by atoms with Crippen molar-refractivity contribution in [1.82, 2.24) is 0 Å². The first-order chi connectivity index (χ1) is 8.54. The second kappa shape index (κ2) is 7.17. The van der Waals surface area contributed by atoms with Crippen LogP contribution in [0.5, 0.6) is 0 Å². The number of carbonyl (C=O) groups is 1. The van der Waals surface area contributed by atoms with Crippen LogP contribution in [0.4, 0.5) is 0 Å². The highest BCUT2D eigenvalue weighted by atomic mass is 16.5. The second-order valence-corrected chi connectivity index (χ2v) is 4.86. The molecule has 3 nitrogen and oxygen atoms in total. The Balaban J connectivity index is 2.48. The Kier molecular flexibility index (Phi) is 5.86. The van der Waals surface area contributed by atoms with Crippen LogP contribution < -0.4 is 0 Å². The van der Waals surface area contributed by atoms with Crippen molar-refractivity contribution in [3.05, 3.63) is 35.4 Å². The van der Waals surface area contributed by atoms with E-state index in [1.54, 1.807) is 0 Å². The molecule has 0 aliphatic heterocycles. The first kappa shape index (κ1) is 14.7. The summed E-state index contributed by atoms with van der Waals surface area (Å²) in [4.78, 5) is 11.0. The number of hydrogen-bond donors (Lipinski definition) is 1. The van der Waals surface area contributed by atoms with E-state index >= 15 is 0 Å². The first-order valence-corrected chi connectivity index (χ1v) is 6.38. The first-order valence-electron chi connectivity index (χ1n) is 6.38. The summed E-state index contributed by atoms with van der Waals surface area (Å²) in [6, 6.07) is 7.94. The van der Waals surface area contributed by atoms with Crippen molar-refractivity contribution in [2.45, 2.75) is 39.2 Å². The zero-order valence-electron chi connectivity index (χ0n) is 11.3. The van der Waals surface area contributed by atoms with E-state index in [9.17, 15) is 9.90 Å². The van der Waals surface area contributed by atoms with E-state index in [2.05, 4.69) is 4.74 Å². The third kappa shape index (κ3) is 4.49. The maximum atomic E-state index is 11.0. The smallest absolute Gasteiger partial charge is 0.305 e. The van der Waals surface area contributed by atoms with Gasteiger partial charge in [-0.25, -0.2) is 0 Å². The van der Waals surface area contributed by atoms with Crippen LogP contribution in [0, 0.1) is 5.92 Å². The third-order valence-corrected chi connectivity index (χ3v) is 3.03. The summed E-state index contributed by atoms with van der Waals surface area (Å²) in [5.74, 6) is 0.0528. The van der Waals surface area contributed by atoms with Gasteiger partial charge in [0.2, 0.25) is 0 Å². The van der Waals surface area contributed by atoms with Crippen LogP contribution in [-0.2, 0) is 16.0 Å². The number of methoxy groups -OCH3 is 1. The molecule has 0 heterocycles. The van der Waals surface area contributed by atoms with E-state index in [1.807, 2.05) is 38.1 Å². The fourth-order valence-electron chi connectivity index (χ4n) is 1.81. The third-order valence-electron chi connectivity index (χ3n) is 3.03. The lowest BCUT2D eigenvalue weighted by Gasteiger charge is -2.15. The summed E-state index contributed by atoms with van der Waals surface area (Å²) in [5.41, 5.74) is 2.13. The summed E-state index contributed by atoms with van der Waals surface area (Å²) in [6.07, 6.45) is 1.69. The highest BCUT2D eigenvalue weighted by molar-refractivity contribution is 5.69. The average Bonchev–Trinajstić information content (AvgIpc) is 2.38. The van der Waals surface area contributed by atoms with Crippen LogP contribution in [0.2, 0.25) is 0 Å². The maximum Gasteiger partial charge on any atom is 0.305 e. The van der Waals surface area contributed by atoms with Gasteiger partial charge in [-0.3, -0.25) is 4.79 Å². The highest BCUT2D eigenvalue weighted by Gasteiger charge is 2.11. The zero-order valence-corrected chi connectivity index (χ0v) is 11.3. The molecule has 1 unspecified atom stereocenters. The Labute approximate surface area is 109 Å². The molecule has 1 aromatic carbocycles. The molecule has 0 bridgehead atoms. The van der Waals surface area contributed by atoms with Gasteiger partial charge in [-0.15, -0.1) is 0 Å². The summed E-state index contributed by atoms with van der Waals surface area (Å²) >= 11 is 0. The maximum absolute atomic E-state index is 11.0. The molecular formula is C15H22O3. The predicted octanol–water partition coefficient (Wildman–Crippen LogP) is 2.87. The van der Waals surface area contributed by atoms with Gasteiger partial charge in [0, 0.05) is 6.42 Å². The van der Waals surface area contributed by atoms with Gasteiger partial charge >= 0.3 is 5.97 Å². The summed E-state index contributed by atoms with van der Waals surface area (Å²) in [5, 5.41) is 9.91. The van der Waals surface area contributed by atoms with Crippen LogP contribution in [0.1, 0.15) is 43.9 Å². The standard InChI is InChI=1S/C15H22O3/c1-11(2)15(17)13-9-7-12(8-10-13)5-4-6-14(16)18-3/h7-11,15,17H,4-6H2,1-3H3. The second-order valence-electron chi connectivity index (χ2n) is 4.86. The molecule has 1 aromatic rings. The van der Waals surface area contributed by atoms with Crippen molar-refractivity contribution in [3.63, 3.8) is 0 Å². The topological polar surface area (TPSA) is 46.5 Å². The van der Waals surface area contributed by atoms with E-state index in [1.165, 1.54) is 12.7 Å². The summed E-state index contributed by atoms with van der Waals surface area (Å²) in [6.45, 7) is 3.99. The minimum atomic E-state index is -0.408. The predicted molar refractivity (Wildman–Crippen MR) is 71.2 cm³/mol. The molecule has 3 heteroatoms. The van der Waals surface area contributed by atoms with Crippen molar-refractivity contribution in [2.24, 2.45) is 5.92 Å². The Morgan fingerprint density at radius 3 is 2.39 bits per heavy atom. The fourth-order valence-corrected chi connectivity index (χ4v) is 1.81. The number of hydrogen-bond acceptors (Lipinski definition) is 3. The number of aliphatic hydroxyl groups is 1. The SMILES string of the molecule is COC(=O)CCCc1ccc(C(O)C(C)C)cc1. The van der Waals surface area contributed by atoms with Crippen LogP contribution in [-0.4, -0.2) is 18.2 Å². The largest absolute Gasteiger partial charge is 0.469 e. The quantitative estimate of drug-likeness (QED) is 0.790. The molecule has 1 atom stereocenters. The van der Waals surface area contributed by atoms with Crippen molar-refractivity contribution in [2.75, 3.05) is 7.11 Å². The minimum absolute atomic E-state index is 0.165. The molecule has 100 valence electrons. The lowest BCUT2D eigenvalue weighted by atomic mass is 9.97. The van der Waals surface area contributed by atoms with Crippen LogP contribution in [0.25, 0.3) is 0 Å². The Morgan fingerprint density at radius 2 is 1.89 bits per heavy atom. The molecule has 0 fully saturated rings. The van der Waals surface area contributed by atoms with Gasteiger partial charge in [0.05, 0.1) is 13.2 Å². The number of aryl methyl sites for hydroxylation is 1. The van der Waals surface area contributed by atoms with E-state index in [0.29, 0.717) is 6.42 Å². The van der Waals surface area contributed by atoms with Gasteiger partial charge in [-0.1, -0.05) is 38.1 Å². The number of ether oxygens (including phenoxy) is 1. The number of aliphatic hydroxyl groups excluding tert-OH is 1. The Bertz CT molecular complexity index is 368. The van der Waals surface area contributed by atoms with Crippen molar-refractivity contribution in [3.8, 4) is 0 Å². The van der Waals surface area contributed by atoms with Crippen LogP contribution in [0.3, 0.4) is 0 Å². The molecule has 0 saturated carbocycles. The number of carbonyl (C=O) groups excluding carboxylic acids is 1. The lowest BCUT2D eigenvalue weighted by molar-refractivity contribution is -0.140. The monoisotopic (exact) mass is 250 g/mol. The molecule has 18 heavy (non-hydrogen) atoms. The zero-order chi connectivity index (χ0) is 13.5. The van der Waals surface area contributed by atoms with Gasteiger partial charge < -0.3 is 9.84 Å². The van der Waals surface area contributed by atoms with Gasteiger partial charge in [0.1, 0.15) is 0 Å². The van der Waals surface area contributed by atoms with E-state index in [4.69, 9.17) is 0 Å². The molecule has 0 saturated heterocycles. The Hall–Kier alpha value is -1.35. The van der Waals surface area contributed by atoms with Crippen molar-refractivity contribution < 1.29 is 14.6 Å². The molecule has 1 rings (SSSR count). The van der Waals surface area contributed by atoms with Gasteiger partial charge in [0.25, 0.3) is 0 Å². The van der Waals surface area contributed by atoms with E-state index < -0.39 is 6.10 Å². The van der Waals surface area contributed by atoms with Crippen molar-refractivity contribution in [1.29, 1.82) is 0 Å².